The SMILES string of the molecule is O=C([O-])C=CC(=O)[O-].[Ag+].[Zn+2]. The minimum absolute atomic E-state index is 0. The van der Waals surface area contributed by atoms with Crippen LogP contribution in [-0.2, 0) is 51.4 Å². The molecule has 0 bridgehead atoms. The van der Waals surface area contributed by atoms with Crippen molar-refractivity contribution in [2.24, 2.45) is 0 Å². The summed E-state index contributed by atoms with van der Waals surface area (Å²) in [5.74, 6) is -3.09. The van der Waals surface area contributed by atoms with E-state index in [4.69, 9.17) is 0 Å². The summed E-state index contributed by atoms with van der Waals surface area (Å²) in [5, 5.41) is 18.8. The maximum atomic E-state index is 9.41. The Balaban J connectivity index is -0.000000245. The zero-order valence-corrected chi connectivity index (χ0v) is 9.25. The second-order valence-corrected chi connectivity index (χ2v) is 0.971. The number of carbonyl (C=O) groups excluding carboxylic acids is 2. The number of hydrogen-bond donors (Lipinski definition) is 0. The molecule has 10 heavy (non-hydrogen) atoms. The summed E-state index contributed by atoms with van der Waals surface area (Å²) < 4.78 is 0. The van der Waals surface area contributed by atoms with Crippen molar-refractivity contribution >= 4 is 11.9 Å². The molecule has 0 amide bonds. The first-order valence-electron chi connectivity index (χ1n) is 1.73. The third kappa shape index (κ3) is 15.7. The predicted molar refractivity (Wildman–Crippen MR) is 19.2 cm³/mol. The molecule has 0 aromatic heterocycles. The van der Waals surface area contributed by atoms with Gasteiger partial charge in [-0.3, -0.25) is 0 Å². The Kier molecular flexibility index (Phi) is 15.0. The summed E-state index contributed by atoms with van der Waals surface area (Å²) in [7, 11) is 0. The van der Waals surface area contributed by atoms with Crippen molar-refractivity contribution in [1.29, 1.82) is 0 Å². The minimum atomic E-state index is -1.55. The fourth-order valence-electron chi connectivity index (χ4n) is 0.136. The van der Waals surface area contributed by atoms with Gasteiger partial charge in [0.25, 0.3) is 0 Å². The van der Waals surface area contributed by atoms with E-state index < -0.39 is 11.9 Å². The molecular weight excluding hydrogens is 285 g/mol. The van der Waals surface area contributed by atoms with E-state index in [0.717, 1.165) is 0 Å². The van der Waals surface area contributed by atoms with E-state index in [1.807, 2.05) is 0 Å². The van der Waals surface area contributed by atoms with E-state index in [9.17, 15) is 19.8 Å². The summed E-state index contributed by atoms with van der Waals surface area (Å²) in [4.78, 5) is 18.8. The van der Waals surface area contributed by atoms with Crippen LogP contribution in [0.25, 0.3) is 0 Å². The molecular formula is C4H2AgO4Zn+. The van der Waals surface area contributed by atoms with Crippen LogP contribution in [0.15, 0.2) is 12.2 Å². The fraction of sp³-hybridized carbons (Fsp3) is 0. The van der Waals surface area contributed by atoms with Gasteiger partial charge in [-0.2, -0.15) is 0 Å². The Labute approximate surface area is 85.6 Å². The molecule has 0 atom stereocenters. The Hall–Kier alpha value is 0.0436. The van der Waals surface area contributed by atoms with Crippen molar-refractivity contribution in [3.05, 3.63) is 12.2 Å². The van der Waals surface area contributed by atoms with Crippen LogP contribution in [0.1, 0.15) is 0 Å². The van der Waals surface area contributed by atoms with Gasteiger partial charge in [0.2, 0.25) is 0 Å². The van der Waals surface area contributed by atoms with Gasteiger partial charge in [-0.15, -0.1) is 0 Å². The summed E-state index contributed by atoms with van der Waals surface area (Å²) in [6, 6.07) is 0. The Morgan fingerprint density at radius 2 is 1.20 bits per heavy atom. The molecule has 0 fully saturated rings. The third-order valence-corrected chi connectivity index (χ3v) is 0.355. The second-order valence-electron chi connectivity index (χ2n) is 0.971. The molecule has 4 nitrogen and oxygen atoms in total. The van der Waals surface area contributed by atoms with Gasteiger partial charge in [-0.25, -0.2) is 0 Å². The molecule has 0 aliphatic rings. The largest absolute Gasteiger partial charge is 2.00 e. The van der Waals surface area contributed by atoms with E-state index >= 15 is 0 Å². The minimum Gasteiger partial charge on any atom is -0.545 e. The molecule has 6 heteroatoms. The van der Waals surface area contributed by atoms with Crippen molar-refractivity contribution in [1.82, 2.24) is 0 Å². The first kappa shape index (κ1) is 16.6. The van der Waals surface area contributed by atoms with Crippen LogP contribution >= 0.6 is 0 Å². The van der Waals surface area contributed by atoms with Crippen molar-refractivity contribution in [2.45, 2.75) is 0 Å². The maximum absolute atomic E-state index is 9.41. The van der Waals surface area contributed by atoms with E-state index in [1.54, 1.807) is 0 Å². The monoisotopic (exact) mass is 285 g/mol. The first-order valence-corrected chi connectivity index (χ1v) is 1.73. The molecule has 0 rings (SSSR count). The maximum Gasteiger partial charge on any atom is 2.00 e. The average molecular weight is 287 g/mol. The van der Waals surface area contributed by atoms with Gasteiger partial charge in [0.15, 0.2) is 0 Å². The second kappa shape index (κ2) is 9.04. The molecule has 0 aliphatic heterocycles. The van der Waals surface area contributed by atoms with Crippen LogP contribution in [-0.4, -0.2) is 11.9 Å². The average Bonchev–Trinajstić information content (AvgIpc) is 1.61. The topological polar surface area (TPSA) is 80.3 Å². The van der Waals surface area contributed by atoms with E-state index in [1.165, 1.54) is 0 Å². The van der Waals surface area contributed by atoms with E-state index in [-0.39, 0.29) is 41.9 Å². The zero-order valence-electron chi connectivity index (χ0n) is 4.80. The first-order chi connectivity index (χ1) is 3.63. The van der Waals surface area contributed by atoms with Gasteiger partial charge in [0.1, 0.15) is 0 Å². The summed E-state index contributed by atoms with van der Waals surface area (Å²) in [5.41, 5.74) is 0. The number of rotatable bonds is 2. The van der Waals surface area contributed by atoms with Gasteiger partial charge in [-0.05, 0) is 12.2 Å². The van der Waals surface area contributed by atoms with Gasteiger partial charge < -0.3 is 19.8 Å². The molecule has 54 valence electrons. The van der Waals surface area contributed by atoms with Crippen LogP contribution in [0, 0.1) is 0 Å². The van der Waals surface area contributed by atoms with Crippen LogP contribution in [0.3, 0.4) is 0 Å². The molecule has 0 unspecified atom stereocenters. The van der Waals surface area contributed by atoms with Gasteiger partial charge in [0, 0.05) is 0 Å². The van der Waals surface area contributed by atoms with Crippen molar-refractivity contribution in [2.75, 3.05) is 0 Å². The molecule has 0 radical (unpaired) electrons. The van der Waals surface area contributed by atoms with E-state index in [2.05, 4.69) is 0 Å². The predicted octanol–water partition coefficient (Wildman–Crippen LogP) is -2.96. The normalized spacial score (nSPS) is 7.60. The standard InChI is InChI=1S/C4H4O4.Ag.Zn/c5-3(6)1-2-4(7)8;;/h1-2H,(H,5,6)(H,7,8);;/q;+1;+2/p-2. The summed E-state index contributed by atoms with van der Waals surface area (Å²) in [6.45, 7) is 0. The van der Waals surface area contributed by atoms with Crippen molar-refractivity contribution in [3.8, 4) is 0 Å². The van der Waals surface area contributed by atoms with Crippen LogP contribution in [0.2, 0.25) is 0 Å². The number of carbonyl (C=O) groups is 2. The Bertz CT molecular complexity index is 128. The quantitative estimate of drug-likeness (QED) is 0.401. The summed E-state index contributed by atoms with van der Waals surface area (Å²) >= 11 is 0. The molecule has 0 saturated heterocycles. The fourth-order valence-corrected chi connectivity index (χ4v) is 0.136. The Morgan fingerprint density at radius 1 is 1.00 bits per heavy atom. The molecule has 0 saturated carbocycles. The molecule has 0 aliphatic carbocycles. The van der Waals surface area contributed by atoms with Crippen molar-refractivity contribution in [3.63, 3.8) is 0 Å². The molecule has 0 aromatic carbocycles. The number of carboxylic acid groups (broad SMARTS) is 2. The Morgan fingerprint density at radius 3 is 1.30 bits per heavy atom. The molecule has 0 heterocycles. The van der Waals surface area contributed by atoms with Gasteiger partial charge >= 0.3 is 41.9 Å². The number of aliphatic carboxylic acids is 2. The van der Waals surface area contributed by atoms with Crippen LogP contribution in [0.5, 0.6) is 0 Å². The summed E-state index contributed by atoms with van der Waals surface area (Å²) in [6.07, 6.45) is 0.769. The zero-order chi connectivity index (χ0) is 6.57. The number of hydrogen-bond acceptors (Lipinski definition) is 4. The third-order valence-electron chi connectivity index (χ3n) is 0.355. The molecule has 0 aromatic rings. The number of carboxylic acids is 2. The smallest absolute Gasteiger partial charge is 0.545 e. The van der Waals surface area contributed by atoms with Gasteiger partial charge in [0.05, 0.1) is 11.9 Å². The van der Waals surface area contributed by atoms with Crippen LogP contribution in [0.4, 0.5) is 0 Å². The van der Waals surface area contributed by atoms with Crippen molar-refractivity contribution < 1.29 is 61.7 Å². The van der Waals surface area contributed by atoms with Gasteiger partial charge in [-0.1, -0.05) is 0 Å². The van der Waals surface area contributed by atoms with E-state index in [0.29, 0.717) is 12.2 Å². The molecule has 0 spiro atoms. The molecule has 0 N–H and O–H groups in total. The van der Waals surface area contributed by atoms with Crippen LogP contribution < -0.4 is 10.2 Å².